The fourth-order valence-corrected chi connectivity index (χ4v) is 5.53. The van der Waals surface area contributed by atoms with Crippen LogP contribution < -0.4 is 10.2 Å². The Labute approximate surface area is 217 Å². The fraction of sp³-hybridized carbons (Fsp3) is 0.333. The Morgan fingerprint density at radius 1 is 1.11 bits per heavy atom. The summed E-state index contributed by atoms with van der Waals surface area (Å²) in [5.41, 5.74) is 3.31. The predicted molar refractivity (Wildman–Crippen MR) is 134 cm³/mol. The first kappa shape index (κ1) is 24.1. The minimum absolute atomic E-state index is 0.130. The van der Waals surface area contributed by atoms with Crippen molar-refractivity contribution in [1.82, 2.24) is 24.7 Å². The van der Waals surface area contributed by atoms with E-state index in [0.29, 0.717) is 49.0 Å². The van der Waals surface area contributed by atoms with E-state index in [4.69, 9.17) is 4.74 Å². The van der Waals surface area contributed by atoms with Crippen LogP contribution in [0.4, 0.5) is 14.5 Å². The van der Waals surface area contributed by atoms with Gasteiger partial charge < -0.3 is 15.0 Å². The zero-order valence-electron chi connectivity index (χ0n) is 20.7. The number of benzene rings is 1. The van der Waals surface area contributed by atoms with Gasteiger partial charge in [0.05, 0.1) is 30.4 Å². The molecule has 1 saturated heterocycles. The molecule has 11 heteroatoms. The van der Waals surface area contributed by atoms with E-state index in [2.05, 4.69) is 15.5 Å². The third-order valence-electron chi connectivity index (χ3n) is 7.39. The van der Waals surface area contributed by atoms with Gasteiger partial charge in [0.15, 0.2) is 5.69 Å². The van der Waals surface area contributed by atoms with Crippen molar-refractivity contribution in [2.24, 2.45) is 0 Å². The second kappa shape index (κ2) is 9.55. The number of nitrogens with one attached hydrogen (secondary N) is 1. The number of aryl methyl sites for hydroxylation is 1. The lowest BCUT2D eigenvalue weighted by Gasteiger charge is -2.27. The largest absolute Gasteiger partial charge is 0.464 e. The van der Waals surface area contributed by atoms with Gasteiger partial charge in [0.25, 0.3) is 5.91 Å². The number of rotatable bonds is 5. The number of pyridine rings is 1. The minimum Gasteiger partial charge on any atom is -0.464 e. The Balaban J connectivity index is 1.23. The number of hydrogen-bond donors (Lipinski definition) is 1. The Morgan fingerprint density at radius 3 is 2.82 bits per heavy atom. The molecule has 2 atom stereocenters. The first-order chi connectivity index (χ1) is 18.4. The summed E-state index contributed by atoms with van der Waals surface area (Å²) >= 11 is 0. The van der Waals surface area contributed by atoms with Crippen molar-refractivity contribution >= 4 is 23.1 Å². The molecule has 0 aliphatic carbocycles. The smallest absolute Gasteiger partial charge is 0.358 e. The molecule has 0 radical (unpaired) electrons. The van der Waals surface area contributed by atoms with Crippen LogP contribution in [0, 0.1) is 11.6 Å². The number of methoxy groups -OCH3 is 1. The lowest BCUT2D eigenvalue weighted by molar-refractivity contribution is 0.0592. The number of carbonyl (C=O) groups excluding carboxylic acids is 2. The van der Waals surface area contributed by atoms with Crippen LogP contribution in [0.15, 0.2) is 48.8 Å². The van der Waals surface area contributed by atoms with Crippen LogP contribution in [0.25, 0.3) is 5.52 Å². The van der Waals surface area contributed by atoms with Gasteiger partial charge in [0.1, 0.15) is 11.6 Å². The predicted octanol–water partition coefficient (Wildman–Crippen LogP) is 3.68. The summed E-state index contributed by atoms with van der Waals surface area (Å²) in [5, 5.41) is 11.7. The highest BCUT2D eigenvalue weighted by molar-refractivity contribution is 6.01. The Kier molecular flexibility index (Phi) is 6.05. The van der Waals surface area contributed by atoms with Gasteiger partial charge >= 0.3 is 5.97 Å². The van der Waals surface area contributed by atoms with Gasteiger partial charge in [-0.3, -0.25) is 9.48 Å². The molecule has 38 heavy (non-hydrogen) atoms. The van der Waals surface area contributed by atoms with Crippen molar-refractivity contribution in [1.29, 1.82) is 0 Å². The van der Waals surface area contributed by atoms with E-state index in [0.717, 1.165) is 29.9 Å². The number of anilines is 1. The highest BCUT2D eigenvalue weighted by atomic mass is 19.1. The number of hydrogen-bond acceptors (Lipinski definition) is 6. The van der Waals surface area contributed by atoms with Gasteiger partial charge in [-0.25, -0.2) is 18.1 Å². The average molecular weight is 521 g/mol. The van der Waals surface area contributed by atoms with Crippen LogP contribution >= 0.6 is 0 Å². The van der Waals surface area contributed by atoms with Crippen LogP contribution in [-0.2, 0) is 17.7 Å². The Morgan fingerprint density at radius 2 is 1.97 bits per heavy atom. The summed E-state index contributed by atoms with van der Waals surface area (Å²) in [6.45, 7) is 1.26. The summed E-state index contributed by atoms with van der Waals surface area (Å²) in [7, 11) is 1.31. The molecule has 0 spiro atoms. The van der Waals surface area contributed by atoms with Crippen LogP contribution in [0.3, 0.4) is 0 Å². The lowest BCUT2D eigenvalue weighted by Crippen LogP contribution is -2.40. The maximum Gasteiger partial charge on any atom is 0.358 e. The molecule has 196 valence electrons. The van der Waals surface area contributed by atoms with Crippen molar-refractivity contribution in [3.63, 3.8) is 0 Å². The molecule has 1 amide bonds. The van der Waals surface area contributed by atoms with Crippen molar-refractivity contribution in [3.8, 4) is 0 Å². The van der Waals surface area contributed by atoms with Gasteiger partial charge in [-0.05, 0) is 55.7 Å². The molecule has 6 rings (SSSR count). The first-order valence-electron chi connectivity index (χ1n) is 12.6. The molecule has 0 saturated carbocycles. The van der Waals surface area contributed by atoms with E-state index < -0.39 is 17.6 Å². The number of halogens is 2. The molecular formula is C27H26F2N6O3. The number of ether oxygens (including phenoxy) is 1. The van der Waals surface area contributed by atoms with E-state index in [1.54, 1.807) is 21.5 Å². The van der Waals surface area contributed by atoms with Gasteiger partial charge in [-0.15, -0.1) is 0 Å². The molecule has 2 unspecified atom stereocenters. The Hall–Kier alpha value is -4.28. The number of amides is 1. The summed E-state index contributed by atoms with van der Waals surface area (Å²) in [6.07, 6.45) is 6.05. The summed E-state index contributed by atoms with van der Waals surface area (Å²) in [4.78, 5) is 27.2. The second-order valence-electron chi connectivity index (χ2n) is 9.69. The standard InChI is InChI=1S/C27H26F2N6O3/c1-38-27(37)23-13-19-12-17(6-9-34(19)32-23)31-26(36)21-15-30-35-10-7-18(14-25(21)35)33-8-2-3-24(33)20-11-16(28)4-5-22(20)29/h4-5,7,10-11,13-15,17,24H,2-3,6,8-9,12H2,1H3,(H,31,36). The minimum atomic E-state index is -0.491. The van der Waals surface area contributed by atoms with Crippen LogP contribution in [0.5, 0.6) is 0 Å². The topological polar surface area (TPSA) is 93.8 Å². The maximum absolute atomic E-state index is 14.6. The second-order valence-corrected chi connectivity index (χ2v) is 9.69. The highest BCUT2D eigenvalue weighted by Crippen LogP contribution is 2.38. The molecular weight excluding hydrogens is 494 g/mol. The van der Waals surface area contributed by atoms with Crippen molar-refractivity contribution in [2.75, 3.05) is 18.6 Å². The van der Waals surface area contributed by atoms with Gasteiger partial charge in [-0.1, -0.05) is 0 Å². The number of fused-ring (bicyclic) bond motifs is 2. The van der Waals surface area contributed by atoms with Gasteiger partial charge in [-0.2, -0.15) is 10.2 Å². The Bertz CT molecular complexity index is 1550. The number of esters is 1. The molecule has 0 bridgehead atoms. The zero-order chi connectivity index (χ0) is 26.4. The lowest BCUT2D eigenvalue weighted by atomic mass is 10.0. The summed E-state index contributed by atoms with van der Waals surface area (Å²) in [5.74, 6) is -1.64. The van der Waals surface area contributed by atoms with E-state index in [1.807, 2.05) is 17.0 Å². The molecule has 2 aliphatic heterocycles. The zero-order valence-corrected chi connectivity index (χ0v) is 20.7. The third kappa shape index (κ3) is 4.27. The van der Waals surface area contributed by atoms with Crippen LogP contribution in [0.2, 0.25) is 0 Å². The molecule has 1 aromatic carbocycles. The molecule has 9 nitrogen and oxygen atoms in total. The van der Waals surface area contributed by atoms with Crippen molar-refractivity contribution in [3.05, 3.63) is 82.9 Å². The normalized spacial score (nSPS) is 19.0. The molecule has 3 aromatic heterocycles. The van der Waals surface area contributed by atoms with Crippen molar-refractivity contribution in [2.45, 2.75) is 44.3 Å². The van der Waals surface area contributed by atoms with Crippen LogP contribution in [-0.4, -0.2) is 51.0 Å². The SMILES string of the molecule is COC(=O)c1cc2n(n1)CCC(NC(=O)c1cnn3ccc(N4CCCC4c4cc(F)ccc4F)cc13)C2. The monoisotopic (exact) mass is 520 g/mol. The van der Waals surface area contributed by atoms with E-state index in [-0.39, 0.29) is 23.7 Å². The summed E-state index contributed by atoms with van der Waals surface area (Å²) in [6, 6.07) is 8.56. The molecule has 1 fully saturated rings. The summed E-state index contributed by atoms with van der Waals surface area (Å²) < 4.78 is 36.6. The number of carbonyl (C=O) groups is 2. The quantitative estimate of drug-likeness (QED) is 0.404. The fourth-order valence-electron chi connectivity index (χ4n) is 5.53. The molecule has 2 aliphatic rings. The maximum atomic E-state index is 14.6. The number of nitrogens with zero attached hydrogens (tertiary/aromatic N) is 5. The van der Waals surface area contributed by atoms with E-state index >= 15 is 0 Å². The number of aromatic nitrogens is 4. The van der Waals surface area contributed by atoms with E-state index in [9.17, 15) is 18.4 Å². The van der Waals surface area contributed by atoms with Gasteiger partial charge in [0, 0.05) is 48.7 Å². The first-order valence-corrected chi connectivity index (χ1v) is 12.6. The molecule has 5 heterocycles. The van der Waals surface area contributed by atoms with Crippen LogP contribution in [0.1, 0.15) is 57.4 Å². The van der Waals surface area contributed by atoms with Crippen molar-refractivity contribution < 1.29 is 23.1 Å². The van der Waals surface area contributed by atoms with E-state index in [1.165, 1.54) is 19.4 Å². The van der Waals surface area contributed by atoms with Gasteiger partial charge in [0.2, 0.25) is 0 Å². The average Bonchev–Trinajstić information content (AvgIpc) is 3.67. The highest BCUT2D eigenvalue weighted by Gasteiger charge is 2.30. The molecule has 1 N–H and O–H groups in total. The third-order valence-corrected chi connectivity index (χ3v) is 7.39. The molecule has 4 aromatic rings.